The van der Waals surface area contributed by atoms with Crippen LogP contribution in [0.1, 0.15) is 15.9 Å². The molecule has 5 heteroatoms. The summed E-state index contributed by atoms with van der Waals surface area (Å²) in [5.41, 5.74) is 4.43. The van der Waals surface area contributed by atoms with E-state index in [1.54, 1.807) is 30.3 Å². The third kappa shape index (κ3) is 3.19. The van der Waals surface area contributed by atoms with E-state index in [0.29, 0.717) is 27.6 Å². The van der Waals surface area contributed by atoms with Gasteiger partial charge in [-0.2, -0.15) is 0 Å². The minimum absolute atomic E-state index is 0.157. The summed E-state index contributed by atoms with van der Waals surface area (Å²) in [5, 5.41) is 3.56. The maximum atomic E-state index is 12.4. The van der Waals surface area contributed by atoms with Crippen molar-refractivity contribution in [2.75, 3.05) is 5.32 Å². The lowest BCUT2D eigenvalue weighted by molar-refractivity contribution is 0.102. The van der Waals surface area contributed by atoms with E-state index in [9.17, 15) is 4.79 Å². The number of rotatable bonds is 3. The molecule has 0 aliphatic carbocycles. The zero-order chi connectivity index (χ0) is 18.1. The zero-order valence-corrected chi connectivity index (χ0v) is 14.7. The van der Waals surface area contributed by atoms with Crippen molar-refractivity contribution >= 4 is 34.3 Å². The van der Waals surface area contributed by atoms with Gasteiger partial charge in [-0.15, -0.1) is 0 Å². The van der Waals surface area contributed by atoms with Crippen molar-refractivity contribution in [1.29, 1.82) is 0 Å². The SMILES string of the molecule is Cc1ccc(-c2nc3cc(Cl)ccc3o2)cc1NC(=O)c1ccccc1. The molecule has 3 aromatic carbocycles. The number of amides is 1. The molecule has 0 saturated heterocycles. The Bertz CT molecular complexity index is 1100. The predicted molar refractivity (Wildman–Crippen MR) is 104 cm³/mol. The van der Waals surface area contributed by atoms with Crippen molar-refractivity contribution in [3.8, 4) is 11.5 Å². The minimum atomic E-state index is -0.157. The number of halogens is 1. The van der Waals surface area contributed by atoms with Gasteiger partial charge in [0.25, 0.3) is 5.91 Å². The highest BCUT2D eigenvalue weighted by atomic mass is 35.5. The lowest BCUT2D eigenvalue weighted by Crippen LogP contribution is -2.12. The number of nitrogens with zero attached hydrogens (tertiary/aromatic N) is 1. The van der Waals surface area contributed by atoms with Crippen LogP contribution >= 0.6 is 11.6 Å². The summed E-state index contributed by atoms with van der Waals surface area (Å²) in [7, 11) is 0. The van der Waals surface area contributed by atoms with Gasteiger partial charge in [-0.25, -0.2) is 4.98 Å². The molecule has 4 rings (SSSR count). The number of carbonyl (C=O) groups excluding carboxylic acids is 1. The summed E-state index contributed by atoms with van der Waals surface area (Å²) >= 11 is 6.01. The quantitative estimate of drug-likeness (QED) is 0.508. The lowest BCUT2D eigenvalue weighted by Gasteiger charge is -2.09. The monoisotopic (exact) mass is 362 g/mol. The highest BCUT2D eigenvalue weighted by Crippen LogP contribution is 2.29. The number of benzene rings is 3. The molecule has 0 unspecified atom stereocenters. The fourth-order valence-electron chi connectivity index (χ4n) is 2.70. The standard InChI is InChI=1S/C21H15ClN2O2/c1-13-7-8-15(21-24-18-12-16(22)9-10-19(18)26-21)11-17(13)23-20(25)14-5-3-2-4-6-14/h2-12H,1H3,(H,23,25). The first-order valence-corrected chi connectivity index (χ1v) is 8.51. The first kappa shape index (κ1) is 16.4. The van der Waals surface area contributed by atoms with E-state index in [1.807, 2.05) is 43.3 Å². The zero-order valence-electron chi connectivity index (χ0n) is 14.0. The molecule has 1 amide bonds. The Morgan fingerprint density at radius 3 is 2.65 bits per heavy atom. The van der Waals surface area contributed by atoms with Crippen LogP contribution in [0, 0.1) is 6.92 Å². The molecule has 1 heterocycles. The summed E-state index contributed by atoms with van der Waals surface area (Å²) in [5.74, 6) is 0.327. The Morgan fingerprint density at radius 1 is 1.04 bits per heavy atom. The van der Waals surface area contributed by atoms with Crippen molar-refractivity contribution in [1.82, 2.24) is 4.98 Å². The Labute approximate surface area is 155 Å². The maximum absolute atomic E-state index is 12.4. The second kappa shape index (κ2) is 6.65. The summed E-state index contributed by atoms with van der Waals surface area (Å²) in [6, 6.07) is 20.1. The topological polar surface area (TPSA) is 55.1 Å². The number of hydrogen-bond donors (Lipinski definition) is 1. The van der Waals surface area contributed by atoms with Crippen LogP contribution in [0.15, 0.2) is 71.1 Å². The van der Waals surface area contributed by atoms with Crippen molar-refractivity contribution in [3.63, 3.8) is 0 Å². The Morgan fingerprint density at radius 2 is 1.85 bits per heavy atom. The number of hydrogen-bond acceptors (Lipinski definition) is 3. The first-order valence-electron chi connectivity index (χ1n) is 8.14. The molecule has 0 aliphatic heterocycles. The minimum Gasteiger partial charge on any atom is -0.436 e. The summed E-state index contributed by atoms with van der Waals surface area (Å²) < 4.78 is 5.81. The van der Waals surface area contributed by atoms with E-state index < -0.39 is 0 Å². The predicted octanol–water partition coefficient (Wildman–Crippen LogP) is 5.71. The molecule has 1 N–H and O–H groups in total. The molecular weight excluding hydrogens is 348 g/mol. The Kier molecular flexibility index (Phi) is 4.19. The number of carbonyl (C=O) groups is 1. The summed E-state index contributed by atoms with van der Waals surface area (Å²) in [4.78, 5) is 16.9. The van der Waals surface area contributed by atoms with Crippen LogP contribution in [0.25, 0.3) is 22.6 Å². The van der Waals surface area contributed by atoms with Crippen LogP contribution in [0.4, 0.5) is 5.69 Å². The van der Waals surface area contributed by atoms with Gasteiger partial charge in [0.05, 0.1) is 0 Å². The number of aromatic nitrogens is 1. The molecule has 0 aliphatic rings. The molecule has 128 valence electrons. The average Bonchev–Trinajstić information content (AvgIpc) is 3.07. The molecule has 1 aromatic heterocycles. The lowest BCUT2D eigenvalue weighted by atomic mass is 10.1. The van der Waals surface area contributed by atoms with E-state index in [1.165, 1.54) is 0 Å². The van der Waals surface area contributed by atoms with E-state index >= 15 is 0 Å². The van der Waals surface area contributed by atoms with Crippen LogP contribution < -0.4 is 5.32 Å². The summed E-state index contributed by atoms with van der Waals surface area (Å²) in [6.45, 7) is 1.94. The number of aryl methyl sites for hydroxylation is 1. The summed E-state index contributed by atoms with van der Waals surface area (Å²) in [6.07, 6.45) is 0. The molecule has 26 heavy (non-hydrogen) atoms. The highest BCUT2D eigenvalue weighted by Gasteiger charge is 2.12. The van der Waals surface area contributed by atoms with E-state index in [4.69, 9.17) is 16.0 Å². The molecule has 0 radical (unpaired) electrons. The van der Waals surface area contributed by atoms with Crippen molar-refractivity contribution in [2.24, 2.45) is 0 Å². The Hall–Kier alpha value is -3.11. The maximum Gasteiger partial charge on any atom is 0.255 e. The van der Waals surface area contributed by atoms with Gasteiger partial charge in [-0.05, 0) is 55.0 Å². The van der Waals surface area contributed by atoms with Crippen LogP contribution in [-0.2, 0) is 0 Å². The smallest absolute Gasteiger partial charge is 0.255 e. The van der Waals surface area contributed by atoms with Gasteiger partial charge >= 0.3 is 0 Å². The van der Waals surface area contributed by atoms with Crippen LogP contribution in [0.5, 0.6) is 0 Å². The number of anilines is 1. The van der Waals surface area contributed by atoms with Crippen LogP contribution in [-0.4, -0.2) is 10.9 Å². The second-order valence-corrected chi connectivity index (χ2v) is 6.42. The molecule has 4 nitrogen and oxygen atoms in total. The van der Waals surface area contributed by atoms with Crippen LogP contribution in [0.2, 0.25) is 5.02 Å². The number of nitrogens with one attached hydrogen (secondary N) is 1. The van der Waals surface area contributed by atoms with Crippen molar-refractivity contribution < 1.29 is 9.21 Å². The molecule has 0 saturated carbocycles. The van der Waals surface area contributed by atoms with Gasteiger partial charge in [0.1, 0.15) is 5.52 Å². The average molecular weight is 363 g/mol. The molecule has 0 spiro atoms. The van der Waals surface area contributed by atoms with Gasteiger partial charge < -0.3 is 9.73 Å². The highest BCUT2D eigenvalue weighted by molar-refractivity contribution is 6.31. The van der Waals surface area contributed by atoms with Gasteiger partial charge in [-0.3, -0.25) is 4.79 Å². The Balaban J connectivity index is 1.68. The van der Waals surface area contributed by atoms with Crippen LogP contribution in [0.3, 0.4) is 0 Å². The normalized spacial score (nSPS) is 10.8. The molecular formula is C21H15ClN2O2. The van der Waals surface area contributed by atoms with Gasteiger partial charge in [0, 0.05) is 21.8 Å². The molecule has 4 aromatic rings. The van der Waals surface area contributed by atoms with Gasteiger partial charge in [0.2, 0.25) is 5.89 Å². The molecule has 0 fully saturated rings. The van der Waals surface area contributed by atoms with Crippen molar-refractivity contribution in [3.05, 3.63) is 82.9 Å². The molecule has 0 bridgehead atoms. The van der Waals surface area contributed by atoms with E-state index in [0.717, 1.165) is 16.8 Å². The van der Waals surface area contributed by atoms with E-state index in [-0.39, 0.29) is 5.91 Å². The first-order chi connectivity index (χ1) is 12.6. The fourth-order valence-corrected chi connectivity index (χ4v) is 2.86. The third-order valence-electron chi connectivity index (χ3n) is 4.12. The fraction of sp³-hybridized carbons (Fsp3) is 0.0476. The van der Waals surface area contributed by atoms with Crippen molar-refractivity contribution in [2.45, 2.75) is 6.92 Å². The number of oxazole rings is 1. The van der Waals surface area contributed by atoms with Gasteiger partial charge in [-0.1, -0.05) is 35.9 Å². The van der Waals surface area contributed by atoms with E-state index in [2.05, 4.69) is 10.3 Å². The van der Waals surface area contributed by atoms with Gasteiger partial charge in [0.15, 0.2) is 5.58 Å². The second-order valence-electron chi connectivity index (χ2n) is 5.98. The molecule has 0 atom stereocenters. The largest absolute Gasteiger partial charge is 0.436 e. The number of fused-ring (bicyclic) bond motifs is 1. The third-order valence-corrected chi connectivity index (χ3v) is 4.35.